The van der Waals surface area contributed by atoms with E-state index in [-0.39, 0.29) is 17.8 Å². The molecule has 0 aliphatic rings. The van der Waals surface area contributed by atoms with Gasteiger partial charge < -0.3 is 5.32 Å². The fourth-order valence-corrected chi connectivity index (χ4v) is 4.08. The van der Waals surface area contributed by atoms with Crippen molar-refractivity contribution in [3.05, 3.63) is 59.3 Å². The van der Waals surface area contributed by atoms with Gasteiger partial charge in [0.15, 0.2) is 5.65 Å². The maximum Gasteiger partial charge on any atom is 0.158 e. The van der Waals surface area contributed by atoms with Crippen molar-refractivity contribution in [3.63, 3.8) is 0 Å². The predicted molar refractivity (Wildman–Crippen MR) is 121 cm³/mol. The molecule has 0 radical (unpaired) electrons. The van der Waals surface area contributed by atoms with E-state index in [2.05, 4.69) is 52.4 Å². The van der Waals surface area contributed by atoms with Crippen LogP contribution in [0.15, 0.2) is 36.8 Å². The summed E-state index contributed by atoms with van der Waals surface area (Å²) in [5.41, 5.74) is 7.35. The number of hydrogen-bond acceptors (Lipinski definition) is 4. The molecule has 0 aliphatic carbocycles. The number of nitrogens with one attached hydrogen (secondary N) is 2. The third-order valence-corrected chi connectivity index (χ3v) is 5.67. The number of aromatic nitrogens is 5. The summed E-state index contributed by atoms with van der Waals surface area (Å²) in [6, 6.07) is 7.31. The summed E-state index contributed by atoms with van der Waals surface area (Å²) in [6.45, 7) is 11.3. The molecule has 0 saturated heterocycles. The van der Waals surface area contributed by atoms with Crippen LogP contribution in [0, 0.1) is 12.7 Å². The number of aryl methyl sites for hydroxylation is 1. The van der Waals surface area contributed by atoms with Gasteiger partial charge in [0.1, 0.15) is 12.1 Å². The van der Waals surface area contributed by atoms with Gasteiger partial charge in [0.25, 0.3) is 0 Å². The SMILES string of the molecule is CCCNC(C)c1cc(-c2[nH]nc(-c3cc(C)c4ncnn4c3)c2C(C)C)ccc1F. The van der Waals surface area contributed by atoms with Crippen molar-refractivity contribution >= 4 is 5.65 Å². The van der Waals surface area contributed by atoms with E-state index in [0.717, 1.165) is 52.3 Å². The number of halogens is 1. The lowest BCUT2D eigenvalue weighted by atomic mass is 9.92. The molecule has 0 aliphatic heterocycles. The Labute approximate surface area is 181 Å². The maximum atomic E-state index is 14.6. The van der Waals surface area contributed by atoms with Crippen LogP contribution >= 0.6 is 0 Å². The molecule has 4 rings (SSSR count). The van der Waals surface area contributed by atoms with Crippen molar-refractivity contribution in [3.8, 4) is 22.5 Å². The minimum absolute atomic E-state index is 0.0674. The quantitative estimate of drug-likeness (QED) is 0.419. The van der Waals surface area contributed by atoms with Crippen LogP contribution in [0.3, 0.4) is 0 Å². The lowest BCUT2D eigenvalue weighted by Gasteiger charge is -2.16. The van der Waals surface area contributed by atoms with Crippen molar-refractivity contribution in [2.24, 2.45) is 0 Å². The highest BCUT2D eigenvalue weighted by atomic mass is 19.1. The number of pyridine rings is 1. The Kier molecular flexibility index (Phi) is 5.87. The smallest absolute Gasteiger partial charge is 0.158 e. The lowest BCUT2D eigenvalue weighted by molar-refractivity contribution is 0.528. The molecule has 7 heteroatoms. The van der Waals surface area contributed by atoms with Crippen LogP contribution in [0.1, 0.15) is 62.8 Å². The van der Waals surface area contributed by atoms with E-state index >= 15 is 0 Å². The summed E-state index contributed by atoms with van der Waals surface area (Å²) < 4.78 is 16.4. The number of nitrogens with zero attached hydrogens (tertiary/aromatic N) is 4. The topological polar surface area (TPSA) is 70.9 Å². The number of hydrogen-bond donors (Lipinski definition) is 2. The number of H-pyrrole nitrogens is 1. The highest BCUT2D eigenvalue weighted by Gasteiger charge is 2.21. The van der Waals surface area contributed by atoms with E-state index in [1.807, 2.05) is 32.2 Å². The van der Waals surface area contributed by atoms with E-state index in [1.165, 1.54) is 0 Å². The van der Waals surface area contributed by atoms with Gasteiger partial charge in [-0.25, -0.2) is 13.9 Å². The first-order valence-corrected chi connectivity index (χ1v) is 10.8. The van der Waals surface area contributed by atoms with E-state index in [9.17, 15) is 4.39 Å². The fraction of sp³-hybridized carbons (Fsp3) is 0.375. The molecule has 1 atom stereocenters. The van der Waals surface area contributed by atoms with E-state index in [4.69, 9.17) is 0 Å². The largest absolute Gasteiger partial charge is 0.310 e. The molecule has 2 N–H and O–H groups in total. The average Bonchev–Trinajstić information content (AvgIpc) is 3.39. The zero-order chi connectivity index (χ0) is 22.1. The average molecular weight is 421 g/mol. The minimum atomic E-state index is -0.196. The number of fused-ring (bicyclic) bond motifs is 1. The van der Waals surface area contributed by atoms with Crippen molar-refractivity contribution in [1.82, 2.24) is 30.1 Å². The molecule has 1 aromatic carbocycles. The van der Waals surface area contributed by atoms with Gasteiger partial charge in [0.2, 0.25) is 0 Å². The van der Waals surface area contributed by atoms with Gasteiger partial charge in [0.05, 0.1) is 11.4 Å². The van der Waals surface area contributed by atoms with Crippen LogP contribution in [0.4, 0.5) is 4.39 Å². The first kappa shape index (κ1) is 21.2. The number of benzene rings is 1. The second-order valence-corrected chi connectivity index (χ2v) is 8.37. The van der Waals surface area contributed by atoms with Gasteiger partial charge >= 0.3 is 0 Å². The normalized spacial score (nSPS) is 12.7. The zero-order valence-corrected chi connectivity index (χ0v) is 18.7. The molecule has 0 amide bonds. The molecule has 162 valence electrons. The third-order valence-electron chi connectivity index (χ3n) is 5.67. The van der Waals surface area contributed by atoms with Gasteiger partial charge in [0, 0.05) is 34.5 Å². The first-order valence-electron chi connectivity index (χ1n) is 10.8. The van der Waals surface area contributed by atoms with Gasteiger partial charge in [-0.1, -0.05) is 20.8 Å². The Bertz CT molecular complexity index is 1210. The highest BCUT2D eigenvalue weighted by molar-refractivity contribution is 5.76. The molecular weight excluding hydrogens is 391 g/mol. The Hall–Kier alpha value is -3.06. The standard InChI is InChI=1S/C24H29FN6/c1-6-9-26-16(5)19-11-17(7-8-20(19)25)22-21(14(2)3)23(30-29-22)18-10-15(4)24-27-13-28-31(24)12-18/h7-8,10-14,16,26H,6,9H2,1-5H3,(H,29,30). The van der Waals surface area contributed by atoms with Crippen molar-refractivity contribution < 1.29 is 4.39 Å². The highest BCUT2D eigenvalue weighted by Crippen LogP contribution is 2.37. The third kappa shape index (κ3) is 3.97. The molecule has 0 fully saturated rings. The van der Waals surface area contributed by atoms with Crippen LogP contribution in [-0.2, 0) is 0 Å². The molecule has 0 saturated carbocycles. The second-order valence-electron chi connectivity index (χ2n) is 8.37. The Morgan fingerprint density at radius 2 is 1.97 bits per heavy atom. The molecule has 6 nitrogen and oxygen atoms in total. The van der Waals surface area contributed by atoms with Gasteiger partial charge in [-0.2, -0.15) is 10.2 Å². The van der Waals surface area contributed by atoms with Crippen LogP contribution in [0.2, 0.25) is 0 Å². The maximum absolute atomic E-state index is 14.6. The first-order chi connectivity index (χ1) is 14.9. The van der Waals surface area contributed by atoms with Gasteiger partial charge in [-0.15, -0.1) is 0 Å². The molecule has 3 aromatic heterocycles. The van der Waals surface area contributed by atoms with Crippen LogP contribution in [-0.4, -0.2) is 31.3 Å². The molecule has 0 spiro atoms. The lowest BCUT2D eigenvalue weighted by Crippen LogP contribution is -2.20. The monoisotopic (exact) mass is 420 g/mol. The summed E-state index contributed by atoms with van der Waals surface area (Å²) in [6.07, 6.45) is 4.51. The predicted octanol–water partition coefficient (Wildman–Crippen LogP) is 5.42. The van der Waals surface area contributed by atoms with Crippen LogP contribution in [0.5, 0.6) is 0 Å². The molecule has 0 bridgehead atoms. The Morgan fingerprint density at radius 1 is 1.16 bits per heavy atom. The van der Waals surface area contributed by atoms with Gasteiger partial charge in [-0.3, -0.25) is 5.10 Å². The molecular formula is C24H29FN6. The number of aromatic amines is 1. The fourth-order valence-electron chi connectivity index (χ4n) is 4.08. The summed E-state index contributed by atoms with van der Waals surface area (Å²) in [4.78, 5) is 4.30. The van der Waals surface area contributed by atoms with Gasteiger partial charge in [-0.05, 0) is 62.6 Å². The Morgan fingerprint density at radius 3 is 2.71 bits per heavy atom. The van der Waals surface area contributed by atoms with Crippen molar-refractivity contribution in [2.45, 2.75) is 53.0 Å². The second kappa shape index (κ2) is 8.59. The van der Waals surface area contributed by atoms with E-state index in [0.29, 0.717) is 5.56 Å². The molecule has 4 aromatic rings. The Balaban J connectivity index is 1.81. The zero-order valence-electron chi connectivity index (χ0n) is 18.7. The summed E-state index contributed by atoms with van der Waals surface area (Å²) >= 11 is 0. The van der Waals surface area contributed by atoms with Crippen molar-refractivity contribution in [2.75, 3.05) is 6.54 Å². The summed E-state index contributed by atoms with van der Waals surface area (Å²) in [5, 5.41) is 15.6. The molecule has 1 unspecified atom stereocenters. The van der Waals surface area contributed by atoms with Crippen LogP contribution < -0.4 is 5.32 Å². The molecule has 3 heterocycles. The van der Waals surface area contributed by atoms with Crippen molar-refractivity contribution in [1.29, 1.82) is 0 Å². The van der Waals surface area contributed by atoms with E-state index < -0.39 is 0 Å². The minimum Gasteiger partial charge on any atom is -0.310 e. The number of rotatable bonds is 7. The molecule has 31 heavy (non-hydrogen) atoms. The van der Waals surface area contributed by atoms with Crippen LogP contribution in [0.25, 0.3) is 28.2 Å². The summed E-state index contributed by atoms with van der Waals surface area (Å²) in [7, 11) is 0. The summed E-state index contributed by atoms with van der Waals surface area (Å²) in [5.74, 6) is 0.0255. The van der Waals surface area contributed by atoms with E-state index in [1.54, 1.807) is 16.9 Å².